The zero-order chi connectivity index (χ0) is 19.6. The molecule has 1 aromatic rings. The highest BCUT2D eigenvalue weighted by molar-refractivity contribution is 5.89. The number of likely N-dealkylation sites (N-methyl/N-ethyl adjacent to an activating group) is 1. The van der Waals surface area contributed by atoms with E-state index in [-0.39, 0.29) is 18.1 Å². The Labute approximate surface area is 155 Å². The Morgan fingerprint density at radius 2 is 1.69 bits per heavy atom. The van der Waals surface area contributed by atoms with Crippen LogP contribution in [0.4, 0.5) is 4.79 Å². The number of morpholine rings is 1. The average molecular weight is 363 g/mol. The fraction of sp³-hybridized carbons (Fsp3) is 0.632. The molecule has 26 heavy (non-hydrogen) atoms. The summed E-state index contributed by atoms with van der Waals surface area (Å²) in [5.41, 5.74) is 0.495. The van der Waals surface area contributed by atoms with E-state index in [0.717, 1.165) is 11.4 Å². The number of amides is 2. The highest BCUT2D eigenvalue weighted by Gasteiger charge is 2.41. The molecule has 0 aliphatic carbocycles. The first kappa shape index (κ1) is 20.2. The van der Waals surface area contributed by atoms with E-state index in [9.17, 15) is 9.59 Å². The molecule has 7 heteroatoms. The summed E-state index contributed by atoms with van der Waals surface area (Å²) in [4.78, 5) is 33.0. The van der Waals surface area contributed by atoms with Gasteiger partial charge in [0.2, 0.25) is 5.91 Å². The predicted molar refractivity (Wildman–Crippen MR) is 98.2 cm³/mol. The Bertz CT molecular complexity index is 659. The van der Waals surface area contributed by atoms with Crippen LogP contribution in [0.1, 0.15) is 39.1 Å². The molecule has 1 aliphatic heterocycles. The Balaban J connectivity index is 2.11. The molecule has 2 rings (SSSR count). The highest BCUT2D eigenvalue weighted by atomic mass is 16.6. The first-order chi connectivity index (χ1) is 12.0. The van der Waals surface area contributed by atoms with E-state index in [1.165, 1.54) is 4.90 Å². The number of ether oxygens (including phenoxy) is 2. The summed E-state index contributed by atoms with van der Waals surface area (Å²) in [5, 5.41) is 0. The van der Waals surface area contributed by atoms with Crippen LogP contribution < -0.4 is 4.74 Å². The van der Waals surface area contributed by atoms with Crippen molar-refractivity contribution >= 4 is 12.0 Å². The van der Waals surface area contributed by atoms with Crippen molar-refractivity contribution < 1.29 is 19.1 Å². The number of aryl methyl sites for hydroxylation is 2. The maximum atomic E-state index is 13.0. The van der Waals surface area contributed by atoms with Gasteiger partial charge in [0.1, 0.15) is 11.3 Å². The second-order valence-electron chi connectivity index (χ2n) is 7.54. The van der Waals surface area contributed by atoms with Crippen LogP contribution in [0, 0.1) is 13.8 Å². The lowest BCUT2D eigenvalue weighted by Gasteiger charge is -2.42. The van der Waals surface area contributed by atoms with Gasteiger partial charge in [-0.15, -0.1) is 0 Å². The minimum atomic E-state index is -1.04. The van der Waals surface area contributed by atoms with E-state index in [1.807, 2.05) is 27.7 Å². The molecule has 1 fully saturated rings. The van der Waals surface area contributed by atoms with E-state index in [0.29, 0.717) is 18.8 Å². The normalized spacial score (nSPS) is 20.7. The zero-order valence-electron chi connectivity index (χ0n) is 16.7. The summed E-state index contributed by atoms with van der Waals surface area (Å²) in [5.74, 6) is 0.296. The summed E-state index contributed by atoms with van der Waals surface area (Å²) in [6.45, 7) is 12.0. The molecule has 0 spiro atoms. The van der Waals surface area contributed by atoms with Crippen LogP contribution in [0.3, 0.4) is 0 Å². The van der Waals surface area contributed by atoms with E-state index in [1.54, 1.807) is 37.9 Å². The average Bonchev–Trinajstić information content (AvgIpc) is 2.51. The number of hydrogen-bond acceptors (Lipinski definition) is 5. The number of rotatable bonds is 3. The number of aromatic nitrogens is 1. The van der Waals surface area contributed by atoms with Crippen LogP contribution >= 0.6 is 0 Å². The van der Waals surface area contributed by atoms with Crippen LogP contribution in [0.2, 0.25) is 0 Å². The van der Waals surface area contributed by atoms with Crippen molar-refractivity contribution in [3.8, 4) is 5.75 Å². The van der Waals surface area contributed by atoms with Crippen molar-refractivity contribution in [1.82, 2.24) is 14.8 Å². The van der Waals surface area contributed by atoms with Crippen LogP contribution in [-0.4, -0.2) is 64.7 Å². The van der Waals surface area contributed by atoms with Crippen molar-refractivity contribution in [2.24, 2.45) is 0 Å². The van der Waals surface area contributed by atoms with Crippen molar-refractivity contribution in [3.63, 3.8) is 0 Å². The second kappa shape index (κ2) is 7.61. The molecule has 0 unspecified atom stereocenters. The maximum absolute atomic E-state index is 13.0. The number of nitrogens with zero attached hydrogens (tertiary/aromatic N) is 3. The molecule has 0 radical (unpaired) electrons. The largest absolute Gasteiger partial charge is 0.415 e. The lowest BCUT2D eigenvalue weighted by Crippen LogP contribution is -2.60. The fourth-order valence-electron chi connectivity index (χ4n) is 3.13. The van der Waals surface area contributed by atoms with Crippen molar-refractivity contribution in [2.75, 3.05) is 20.1 Å². The predicted octanol–water partition coefficient (Wildman–Crippen LogP) is 2.54. The minimum absolute atomic E-state index is 0.0291. The van der Waals surface area contributed by atoms with E-state index >= 15 is 0 Å². The van der Waals surface area contributed by atoms with Gasteiger partial charge >= 0.3 is 6.09 Å². The molecular weight excluding hydrogens is 334 g/mol. The molecule has 1 saturated heterocycles. The van der Waals surface area contributed by atoms with Crippen molar-refractivity contribution in [1.29, 1.82) is 0 Å². The van der Waals surface area contributed by atoms with Gasteiger partial charge in [0.05, 0.1) is 12.2 Å². The third kappa shape index (κ3) is 4.52. The van der Waals surface area contributed by atoms with Gasteiger partial charge < -0.3 is 14.4 Å². The minimum Gasteiger partial charge on any atom is -0.410 e. The Hall–Kier alpha value is -2.15. The van der Waals surface area contributed by atoms with Crippen LogP contribution in [-0.2, 0) is 9.53 Å². The number of pyridine rings is 1. The smallest absolute Gasteiger partial charge is 0.410 e. The number of carbonyl (C=O) groups excluding carboxylic acids is 2. The van der Waals surface area contributed by atoms with Gasteiger partial charge in [-0.1, -0.05) is 0 Å². The third-order valence-corrected chi connectivity index (χ3v) is 4.60. The van der Waals surface area contributed by atoms with Gasteiger partial charge in [0.25, 0.3) is 0 Å². The quantitative estimate of drug-likeness (QED) is 0.825. The Morgan fingerprint density at radius 3 is 2.19 bits per heavy atom. The van der Waals surface area contributed by atoms with Gasteiger partial charge in [-0.05, 0) is 41.5 Å². The summed E-state index contributed by atoms with van der Waals surface area (Å²) >= 11 is 0. The molecule has 1 aliphatic rings. The molecule has 2 atom stereocenters. The topological polar surface area (TPSA) is 72.0 Å². The van der Waals surface area contributed by atoms with Crippen molar-refractivity contribution in [2.45, 2.75) is 59.3 Å². The number of carbonyl (C=O) groups is 2. The lowest BCUT2D eigenvalue weighted by molar-refractivity contribution is -0.152. The summed E-state index contributed by atoms with van der Waals surface area (Å²) in [6.07, 6.45) is -0.639. The lowest BCUT2D eigenvalue weighted by atomic mass is 10.0. The van der Waals surface area contributed by atoms with Gasteiger partial charge in [-0.2, -0.15) is 0 Å². The SMILES string of the molecule is Cc1cc(OC(=O)N(C)C(C)(C)C(=O)N2C[C@@H](C)O[C@@H](C)C2)cc(C)n1. The van der Waals surface area contributed by atoms with E-state index < -0.39 is 11.6 Å². The van der Waals surface area contributed by atoms with E-state index in [4.69, 9.17) is 9.47 Å². The van der Waals surface area contributed by atoms with Gasteiger partial charge in [0, 0.05) is 43.7 Å². The van der Waals surface area contributed by atoms with Crippen LogP contribution in [0.25, 0.3) is 0 Å². The summed E-state index contributed by atoms with van der Waals surface area (Å²) in [7, 11) is 1.58. The standard InChI is InChI=1S/C19H29N3O4/c1-12-8-16(9-13(2)20-12)26-18(24)21(7)19(5,6)17(23)22-10-14(3)25-15(4)11-22/h8-9,14-15H,10-11H2,1-7H3/t14-,15+. The van der Waals surface area contributed by atoms with Crippen molar-refractivity contribution in [3.05, 3.63) is 23.5 Å². The molecular formula is C19H29N3O4. The first-order valence-corrected chi connectivity index (χ1v) is 8.86. The third-order valence-electron chi connectivity index (χ3n) is 4.60. The maximum Gasteiger partial charge on any atom is 0.415 e. The second-order valence-corrected chi connectivity index (χ2v) is 7.54. The highest BCUT2D eigenvalue weighted by Crippen LogP contribution is 2.22. The number of hydrogen-bond donors (Lipinski definition) is 0. The van der Waals surface area contributed by atoms with Gasteiger partial charge in [0.15, 0.2) is 0 Å². The Morgan fingerprint density at radius 1 is 1.19 bits per heavy atom. The molecule has 0 aromatic carbocycles. The van der Waals surface area contributed by atoms with E-state index in [2.05, 4.69) is 4.98 Å². The van der Waals surface area contributed by atoms with Crippen LogP contribution in [0.15, 0.2) is 12.1 Å². The van der Waals surface area contributed by atoms with Gasteiger partial charge in [-0.25, -0.2) is 4.79 Å². The molecule has 1 aromatic heterocycles. The monoisotopic (exact) mass is 363 g/mol. The molecule has 0 bridgehead atoms. The van der Waals surface area contributed by atoms with Gasteiger partial charge in [-0.3, -0.25) is 14.7 Å². The molecule has 2 heterocycles. The fourth-order valence-corrected chi connectivity index (χ4v) is 3.13. The molecule has 2 amide bonds. The molecule has 0 saturated carbocycles. The zero-order valence-corrected chi connectivity index (χ0v) is 16.7. The molecule has 144 valence electrons. The Kier molecular flexibility index (Phi) is 5.91. The molecule has 0 N–H and O–H groups in total. The summed E-state index contributed by atoms with van der Waals surface area (Å²) in [6, 6.07) is 3.39. The molecule has 7 nitrogen and oxygen atoms in total. The van der Waals surface area contributed by atoms with Crippen LogP contribution in [0.5, 0.6) is 5.75 Å². The first-order valence-electron chi connectivity index (χ1n) is 8.86. The summed E-state index contributed by atoms with van der Waals surface area (Å²) < 4.78 is 11.1.